The molecule has 0 radical (unpaired) electrons. The molecular formula is C11H12N2O3. The van der Waals surface area contributed by atoms with Gasteiger partial charge >= 0.3 is 0 Å². The molecule has 2 rings (SSSR count). The van der Waals surface area contributed by atoms with Crippen molar-refractivity contribution in [1.29, 1.82) is 0 Å². The molecular weight excluding hydrogens is 208 g/mol. The van der Waals surface area contributed by atoms with Crippen LogP contribution in [-0.4, -0.2) is 23.0 Å². The second-order valence-corrected chi connectivity index (χ2v) is 3.80. The summed E-state index contributed by atoms with van der Waals surface area (Å²) in [7, 11) is 0. The predicted octanol–water partition coefficient (Wildman–Crippen LogP) is 2.15. The van der Waals surface area contributed by atoms with Crippen LogP contribution in [0.5, 0.6) is 0 Å². The van der Waals surface area contributed by atoms with E-state index < -0.39 is 4.92 Å². The molecule has 0 N–H and O–H groups in total. The summed E-state index contributed by atoms with van der Waals surface area (Å²) in [5, 5.41) is 10.5. The Bertz CT molecular complexity index is 439. The third-order valence-electron chi connectivity index (χ3n) is 2.62. The van der Waals surface area contributed by atoms with Gasteiger partial charge in [0, 0.05) is 17.7 Å². The number of aliphatic imine (C=N–C) groups is 1. The van der Waals surface area contributed by atoms with E-state index >= 15 is 0 Å². The van der Waals surface area contributed by atoms with Crippen LogP contribution in [-0.2, 0) is 4.74 Å². The van der Waals surface area contributed by atoms with Crippen molar-refractivity contribution in [3.8, 4) is 0 Å². The van der Waals surface area contributed by atoms with E-state index in [-0.39, 0.29) is 17.8 Å². The van der Waals surface area contributed by atoms with Crippen molar-refractivity contribution < 1.29 is 9.66 Å². The summed E-state index contributed by atoms with van der Waals surface area (Å²) in [6, 6.07) is 6.35. The minimum atomic E-state index is -0.424. The Kier molecular flexibility index (Phi) is 2.60. The molecule has 1 aliphatic rings. The molecule has 0 aromatic heterocycles. The fourth-order valence-corrected chi connectivity index (χ4v) is 1.46. The lowest BCUT2D eigenvalue weighted by Gasteiger charge is -2.07. The number of hydrogen-bond donors (Lipinski definition) is 0. The Morgan fingerprint density at radius 1 is 1.31 bits per heavy atom. The number of non-ortho nitro benzene ring substituents is 1. The van der Waals surface area contributed by atoms with E-state index in [2.05, 4.69) is 4.99 Å². The van der Waals surface area contributed by atoms with Crippen LogP contribution in [0.4, 0.5) is 5.69 Å². The van der Waals surface area contributed by atoms with E-state index in [0.717, 1.165) is 5.56 Å². The smallest absolute Gasteiger partial charge is 0.269 e. The first-order valence-electron chi connectivity index (χ1n) is 5.07. The van der Waals surface area contributed by atoms with Gasteiger partial charge in [-0.25, -0.2) is 4.99 Å². The quantitative estimate of drug-likeness (QED) is 0.566. The van der Waals surface area contributed by atoms with Crippen molar-refractivity contribution in [3.05, 3.63) is 39.9 Å². The van der Waals surface area contributed by atoms with E-state index in [1.807, 2.05) is 13.8 Å². The number of nitro benzene ring substituents is 1. The highest BCUT2D eigenvalue weighted by atomic mass is 16.6. The number of hydrogen-bond acceptors (Lipinski definition) is 4. The molecule has 1 aliphatic heterocycles. The monoisotopic (exact) mass is 220 g/mol. The summed E-state index contributed by atoms with van der Waals surface area (Å²) in [5.41, 5.74) is 0.852. The molecule has 0 amide bonds. The molecule has 0 saturated heterocycles. The van der Waals surface area contributed by atoms with E-state index in [0.29, 0.717) is 5.90 Å². The van der Waals surface area contributed by atoms with Crippen LogP contribution in [0.1, 0.15) is 19.4 Å². The van der Waals surface area contributed by atoms with Crippen LogP contribution < -0.4 is 0 Å². The van der Waals surface area contributed by atoms with Crippen molar-refractivity contribution in [1.82, 2.24) is 0 Å². The van der Waals surface area contributed by atoms with Gasteiger partial charge in [-0.15, -0.1) is 0 Å². The Morgan fingerprint density at radius 2 is 1.94 bits per heavy atom. The van der Waals surface area contributed by atoms with Gasteiger partial charge in [-0.1, -0.05) is 0 Å². The van der Waals surface area contributed by atoms with Crippen molar-refractivity contribution in [2.24, 2.45) is 4.99 Å². The van der Waals surface area contributed by atoms with E-state index in [1.165, 1.54) is 12.1 Å². The minimum absolute atomic E-state index is 0.0604. The Balaban J connectivity index is 2.23. The molecule has 84 valence electrons. The van der Waals surface area contributed by atoms with Crippen molar-refractivity contribution in [3.63, 3.8) is 0 Å². The molecule has 1 aromatic carbocycles. The Labute approximate surface area is 92.9 Å². The number of rotatable bonds is 2. The summed E-state index contributed by atoms with van der Waals surface area (Å²) in [5.74, 6) is 0.565. The number of ether oxygens (including phenoxy) is 1. The Hall–Kier alpha value is -1.91. The second kappa shape index (κ2) is 3.92. The second-order valence-electron chi connectivity index (χ2n) is 3.80. The van der Waals surface area contributed by atoms with Gasteiger partial charge in [0.1, 0.15) is 6.10 Å². The lowest BCUT2D eigenvalue weighted by molar-refractivity contribution is -0.384. The van der Waals surface area contributed by atoms with E-state index in [9.17, 15) is 10.1 Å². The number of nitro groups is 1. The van der Waals surface area contributed by atoms with Gasteiger partial charge in [0.15, 0.2) is 0 Å². The zero-order chi connectivity index (χ0) is 11.7. The maximum Gasteiger partial charge on any atom is 0.269 e. The van der Waals surface area contributed by atoms with Gasteiger partial charge in [0.2, 0.25) is 5.90 Å². The van der Waals surface area contributed by atoms with Crippen LogP contribution in [0.2, 0.25) is 0 Å². The molecule has 1 heterocycles. The topological polar surface area (TPSA) is 64.7 Å². The SMILES string of the molecule is C[C@@H]1N=C(c2ccc([N+](=O)[O-])cc2)O[C@@H]1C. The number of benzene rings is 1. The first kappa shape index (κ1) is 10.6. The molecule has 0 saturated carbocycles. The van der Waals surface area contributed by atoms with Crippen LogP contribution in [0.25, 0.3) is 0 Å². The number of nitrogens with zero attached hydrogens (tertiary/aromatic N) is 2. The standard InChI is InChI=1S/C11H12N2O3/c1-7-8(2)16-11(12-7)9-3-5-10(6-4-9)13(14)15/h3-8H,1-2H3/t7-,8+/m0/s1. The van der Waals surface area contributed by atoms with E-state index in [1.54, 1.807) is 12.1 Å². The molecule has 2 atom stereocenters. The molecule has 0 unspecified atom stereocenters. The highest BCUT2D eigenvalue weighted by molar-refractivity contribution is 5.95. The van der Waals surface area contributed by atoms with Crippen LogP contribution in [0, 0.1) is 10.1 Å². The summed E-state index contributed by atoms with van der Waals surface area (Å²) < 4.78 is 5.54. The fourth-order valence-electron chi connectivity index (χ4n) is 1.46. The largest absolute Gasteiger partial charge is 0.472 e. The maximum absolute atomic E-state index is 10.5. The predicted molar refractivity (Wildman–Crippen MR) is 59.6 cm³/mol. The summed E-state index contributed by atoms with van der Waals surface area (Å²) in [6.45, 7) is 3.93. The van der Waals surface area contributed by atoms with Crippen LogP contribution in [0.3, 0.4) is 0 Å². The molecule has 0 bridgehead atoms. The van der Waals surface area contributed by atoms with Crippen molar-refractivity contribution in [2.75, 3.05) is 0 Å². The summed E-state index contributed by atoms with van der Waals surface area (Å²) in [4.78, 5) is 14.4. The molecule has 5 nitrogen and oxygen atoms in total. The zero-order valence-electron chi connectivity index (χ0n) is 9.08. The third kappa shape index (κ3) is 1.88. The highest BCUT2D eigenvalue weighted by Gasteiger charge is 2.24. The highest BCUT2D eigenvalue weighted by Crippen LogP contribution is 2.19. The Morgan fingerprint density at radius 3 is 2.38 bits per heavy atom. The third-order valence-corrected chi connectivity index (χ3v) is 2.62. The van der Waals surface area contributed by atoms with E-state index in [4.69, 9.17) is 4.74 Å². The average molecular weight is 220 g/mol. The normalized spacial score (nSPS) is 23.8. The minimum Gasteiger partial charge on any atom is -0.472 e. The molecule has 0 aliphatic carbocycles. The van der Waals surface area contributed by atoms with Crippen molar-refractivity contribution in [2.45, 2.75) is 26.0 Å². The molecule has 5 heteroatoms. The molecule has 0 fully saturated rings. The van der Waals surface area contributed by atoms with Crippen LogP contribution in [0.15, 0.2) is 29.3 Å². The molecule has 16 heavy (non-hydrogen) atoms. The van der Waals surface area contributed by atoms with Gasteiger partial charge in [0.25, 0.3) is 5.69 Å². The zero-order valence-corrected chi connectivity index (χ0v) is 9.08. The molecule has 0 spiro atoms. The van der Waals surface area contributed by atoms with Gasteiger partial charge < -0.3 is 4.74 Å². The lowest BCUT2D eigenvalue weighted by Crippen LogP contribution is -2.14. The van der Waals surface area contributed by atoms with Crippen LogP contribution >= 0.6 is 0 Å². The van der Waals surface area contributed by atoms with Gasteiger partial charge in [-0.3, -0.25) is 10.1 Å². The average Bonchev–Trinajstić information content (AvgIpc) is 2.59. The maximum atomic E-state index is 10.5. The van der Waals surface area contributed by atoms with Crippen molar-refractivity contribution >= 4 is 11.6 Å². The summed E-state index contributed by atoms with van der Waals surface area (Å²) in [6.07, 6.45) is 0.0604. The first-order valence-corrected chi connectivity index (χ1v) is 5.07. The first-order chi connectivity index (χ1) is 7.58. The van der Waals surface area contributed by atoms with Gasteiger partial charge in [-0.05, 0) is 26.0 Å². The lowest BCUT2D eigenvalue weighted by atomic mass is 10.2. The van der Waals surface area contributed by atoms with Gasteiger partial charge in [-0.2, -0.15) is 0 Å². The van der Waals surface area contributed by atoms with Gasteiger partial charge in [0.05, 0.1) is 11.0 Å². The molecule has 1 aromatic rings. The fraction of sp³-hybridized carbons (Fsp3) is 0.364. The summed E-state index contributed by atoms with van der Waals surface area (Å²) >= 11 is 0.